The molecule has 0 fully saturated rings. The Morgan fingerprint density at radius 2 is 1.22 bits per heavy atom. The quantitative estimate of drug-likeness (QED) is 0.436. The Kier molecular flexibility index (Phi) is 4.11. The average molecular weight is 168 g/mol. The van der Waals surface area contributed by atoms with Crippen LogP contribution in [-0.2, 0) is 0 Å². The van der Waals surface area contributed by atoms with Gasteiger partial charge in [0.15, 0.2) is 7.38 Å². The molecule has 0 saturated heterocycles. The molecule has 0 rings (SSSR count). The third-order valence-corrected chi connectivity index (χ3v) is 7.05. The molecule has 0 aliphatic rings. The Morgan fingerprint density at radius 1 is 1.11 bits per heavy atom. The predicted octanol–water partition coefficient (Wildman–Crippen LogP) is 3.39. The maximum atomic E-state index is 6.15. The number of hydrogen-bond acceptors (Lipinski definition) is 1. The lowest BCUT2D eigenvalue weighted by Gasteiger charge is -2.29. The van der Waals surface area contributed by atoms with Crippen molar-refractivity contribution >= 4 is 18.5 Å². The Balaban J connectivity index is 0. The smallest absolute Gasteiger partial charge is 0.155 e. The van der Waals surface area contributed by atoms with Gasteiger partial charge in [0.05, 0.1) is 0 Å². The van der Waals surface area contributed by atoms with E-state index in [9.17, 15) is 0 Å². The van der Waals surface area contributed by atoms with Crippen molar-refractivity contribution < 1.29 is 0 Å². The van der Waals surface area contributed by atoms with E-state index in [1.54, 1.807) is 0 Å². The van der Waals surface area contributed by atoms with Crippen LogP contribution in [0.1, 0.15) is 20.8 Å². The van der Waals surface area contributed by atoms with Gasteiger partial charge in [0, 0.05) is 0 Å². The standard InChI is InChI=1S/C6H15ClSi.H3N/c1-6(2,3)8(4,5)7;/h1-5H3;1H3. The van der Waals surface area contributed by atoms with Gasteiger partial charge in [-0.05, 0) is 5.04 Å². The van der Waals surface area contributed by atoms with Gasteiger partial charge in [0.1, 0.15) is 0 Å². The molecule has 0 saturated carbocycles. The monoisotopic (exact) mass is 167 g/mol. The molecule has 0 aromatic rings. The van der Waals surface area contributed by atoms with E-state index in [4.69, 9.17) is 11.1 Å². The van der Waals surface area contributed by atoms with E-state index in [2.05, 4.69) is 33.9 Å². The molecule has 0 aliphatic carbocycles. The molecule has 0 bridgehead atoms. The highest BCUT2D eigenvalue weighted by molar-refractivity contribution is 7.20. The number of hydrogen-bond donors (Lipinski definition) is 1. The van der Waals surface area contributed by atoms with Crippen molar-refractivity contribution in [3.63, 3.8) is 0 Å². The van der Waals surface area contributed by atoms with Gasteiger partial charge in [0.25, 0.3) is 0 Å². The normalized spacial score (nSPS) is 12.7. The Hall–Kier alpha value is 0.467. The molecule has 0 atom stereocenters. The highest BCUT2D eigenvalue weighted by Crippen LogP contribution is 2.38. The molecule has 0 spiro atoms. The fraction of sp³-hybridized carbons (Fsp3) is 1.00. The summed E-state index contributed by atoms with van der Waals surface area (Å²) in [5.74, 6) is 0. The van der Waals surface area contributed by atoms with Crippen LogP contribution in [0.5, 0.6) is 0 Å². The van der Waals surface area contributed by atoms with Gasteiger partial charge in [-0.2, -0.15) is 11.1 Å². The molecule has 0 aromatic carbocycles. The van der Waals surface area contributed by atoms with E-state index in [1.807, 2.05) is 0 Å². The minimum atomic E-state index is -1.39. The van der Waals surface area contributed by atoms with Gasteiger partial charge < -0.3 is 6.15 Å². The second-order valence-corrected chi connectivity index (χ2v) is 11.0. The second-order valence-electron chi connectivity index (χ2n) is 3.72. The van der Waals surface area contributed by atoms with Crippen molar-refractivity contribution in [2.75, 3.05) is 0 Å². The summed E-state index contributed by atoms with van der Waals surface area (Å²) in [6, 6.07) is 0. The van der Waals surface area contributed by atoms with Crippen molar-refractivity contribution in [2.24, 2.45) is 0 Å². The molecule has 0 heterocycles. The molecule has 0 aromatic heterocycles. The molecule has 3 heteroatoms. The molecule has 3 N–H and O–H groups in total. The van der Waals surface area contributed by atoms with Crippen LogP contribution in [0.2, 0.25) is 18.1 Å². The summed E-state index contributed by atoms with van der Waals surface area (Å²) in [4.78, 5) is 0. The van der Waals surface area contributed by atoms with Gasteiger partial charge in [-0.25, -0.2) is 0 Å². The van der Waals surface area contributed by atoms with Gasteiger partial charge in [-0.15, -0.1) is 0 Å². The van der Waals surface area contributed by atoms with Gasteiger partial charge >= 0.3 is 0 Å². The number of rotatable bonds is 0. The summed E-state index contributed by atoms with van der Waals surface area (Å²) < 4.78 is 0. The molecule has 0 unspecified atom stereocenters. The summed E-state index contributed by atoms with van der Waals surface area (Å²) in [6.45, 7) is 11.0. The summed E-state index contributed by atoms with van der Waals surface area (Å²) in [6.07, 6.45) is 0. The maximum absolute atomic E-state index is 6.15. The van der Waals surface area contributed by atoms with E-state index >= 15 is 0 Å². The van der Waals surface area contributed by atoms with E-state index < -0.39 is 7.38 Å². The highest BCUT2D eigenvalue weighted by atomic mass is 35.6. The van der Waals surface area contributed by atoms with E-state index in [-0.39, 0.29) is 6.15 Å². The molecular formula is C6H18ClNSi. The Morgan fingerprint density at radius 3 is 1.22 bits per heavy atom. The fourth-order valence-electron chi connectivity index (χ4n) is 0. The molecule has 0 radical (unpaired) electrons. The van der Waals surface area contributed by atoms with Crippen LogP contribution in [0.15, 0.2) is 0 Å². The maximum Gasteiger partial charge on any atom is 0.155 e. The summed E-state index contributed by atoms with van der Waals surface area (Å²) in [5.41, 5.74) is 0. The first kappa shape index (κ1) is 12.2. The molecular weight excluding hydrogens is 150 g/mol. The first-order chi connectivity index (χ1) is 3.25. The highest BCUT2D eigenvalue weighted by Gasteiger charge is 2.32. The minimum absolute atomic E-state index is 0. The lowest BCUT2D eigenvalue weighted by Crippen LogP contribution is -2.29. The average Bonchev–Trinajstić information content (AvgIpc) is 1.25. The zero-order chi connectivity index (χ0) is 7.00. The van der Waals surface area contributed by atoms with Crippen LogP contribution in [0.3, 0.4) is 0 Å². The zero-order valence-corrected chi connectivity index (χ0v) is 8.84. The molecule has 1 nitrogen and oxygen atoms in total. The third kappa shape index (κ3) is 3.95. The summed E-state index contributed by atoms with van der Waals surface area (Å²) >= 11 is 6.15. The predicted molar refractivity (Wildman–Crippen MR) is 48.1 cm³/mol. The van der Waals surface area contributed by atoms with Crippen molar-refractivity contribution in [3.8, 4) is 0 Å². The zero-order valence-electron chi connectivity index (χ0n) is 7.09. The third-order valence-electron chi connectivity index (χ3n) is 1.78. The largest absolute Gasteiger partial charge is 0.344 e. The Labute approximate surface area is 64.1 Å². The lowest BCUT2D eigenvalue weighted by molar-refractivity contribution is 0.735. The number of halogens is 1. The van der Waals surface area contributed by atoms with Gasteiger partial charge in [-0.1, -0.05) is 33.9 Å². The first-order valence-corrected chi connectivity index (χ1v) is 6.95. The van der Waals surface area contributed by atoms with Crippen LogP contribution in [0.25, 0.3) is 0 Å². The minimum Gasteiger partial charge on any atom is -0.344 e. The van der Waals surface area contributed by atoms with Crippen LogP contribution in [0, 0.1) is 0 Å². The molecule has 9 heavy (non-hydrogen) atoms. The lowest BCUT2D eigenvalue weighted by atomic mass is 10.2. The van der Waals surface area contributed by atoms with Crippen molar-refractivity contribution in [3.05, 3.63) is 0 Å². The summed E-state index contributed by atoms with van der Waals surface area (Å²) in [7, 11) is -1.39. The topological polar surface area (TPSA) is 35.0 Å². The Bertz CT molecular complexity index is 68.0. The fourth-order valence-corrected chi connectivity index (χ4v) is 0. The first-order valence-electron chi connectivity index (χ1n) is 2.94. The van der Waals surface area contributed by atoms with Crippen LogP contribution in [-0.4, -0.2) is 7.38 Å². The van der Waals surface area contributed by atoms with E-state index in [0.29, 0.717) is 5.04 Å². The molecule has 58 valence electrons. The summed E-state index contributed by atoms with van der Waals surface area (Å²) in [5, 5.41) is 0.342. The van der Waals surface area contributed by atoms with Crippen molar-refractivity contribution in [2.45, 2.75) is 38.9 Å². The SMILES string of the molecule is CC(C)(C)[Si](C)(C)Cl.N. The van der Waals surface area contributed by atoms with Crippen LogP contribution >= 0.6 is 11.1 Å². The van der Waals surface area contributed by atoms with Crippen LogP contribution < -0.4 is 6.15 Å². The van der Waals surface area contributed by atoms with Crippen molar-refractivity contribution in [1.82, 2.24) is 6.15 Å². The van der Waals surface area contributed by atoms with Crippen molar-refractivity contribution in [1.29, 1.82) is 0 Å². The molecule has 0 amide bonds. The molecule has 0 aliphatic heterocycles. The van der Waals surface area contributed by atoms with Crippen LogP contribution in [0.4, 0.5) is 0 Å². The van der Waals surface area contributed by atoms with E-state index in [0.717, 1.165) is 0 Å². The van der Waals surface area contributed by atoms with E-state index in [1.165, 1.54) is 0 Å². The van der Waals surface area contributed by atoms with Gasteiger partial charge in [0.2, 0.25) is 0 Å². The second kappa shape index (κ2) is 3.04. The van der Waals surface area contributed by atoms with Gasteiger partial charge in [-0.3, -0.25) is 0 Å².